The summed E-state index contributed by atoms with van der Waals surface area (Å²) in [4.78, 5) is 11.8. The van der Waals surface area contributed by atoms with E-state index in [1.165, 1.54) is 12.8 Å². The summed E-state index contributed by atoms with van der Waals surface area (Å²) in [6.07, 6.45) is 4.97. The normalized spacial score (nSPS) is 11.1. The van der Waals surface area contributed by atoms with Crippen molar-refractivity contribution in [1.29, 1.82) is 0 Å². The molecule has 3 nitrogen and oxygen atoms in total. The molecule has 0 saturated carbocycles. The van der Waals surface area contributed by atoms with E-state index in [4.69, 9.17) is 18.0 Å². The fourth-order valence-corrected chi connectivity index (χ4v) is 1.24. The number of unbranched alkanes of at least 4 members (excludes halogenated alkanes) is 3. The summed E-state index contributed by atoms with van der Waals surface area (Å²) in [6, 6.07) is 0. The van der Waals surface area contributed by atoms with Crippen LogP contribution in [0.1, 0.15) is 52.9 Å². The van der Waals surface area contributed by atoms with Gasteiger partial charge in [-0.15, -0.1) is 0 Å². The Balaban J connectivity index is 3.79. The molecule has 0 fully saturated rings. The number of thiocarbonyl (C=S) groups is 1. The minimum absolute atomic E-state index is 0.0314. The molecule has 88 valence electrons. The van der Waals surface area contributed by atoms with Crippen LogP contribution in [-0.2, 0) is 4.79 Å². The van der Waals surface area contributed by atoms with E-state index < -0.39 is 5.54 Å². The van der Waals surface area contributed by atoms with E-state index in [1.54, 1.807) is 0 Å². The van der Waals surface area contributed by atoms with Crippen molar-refractivity contribution in [3.63, 3.8) is 0 Å². The first kappa shape index (κ1) is 14.4. The average molecular weight is 230 g/mol. The summed E-state index contributed by atoms with van der Waals surface area (Å²) in [6.45, 7) is 5.79. The molecule has 4 heteroatoms. The minimum Gasteiger partial charge on any atom is -0.391 e. The Labute approximate surface area is 97.8 Å². The van der Waals surface area contributed by atoms with Crippen LogP contribution in [0.2, 0.25) is 0 Å². The van der Waals surface area contributed by atoms with Crippen LogP contribution in [0.5, 0.6) is 0 Å². The maximum absolute atomic E-state index is 11.5. The molecule has 3 N–H and O–H groups in total. The number of hydrogen-bond acceptors (Lipinski definition) is 2. The van der Waals surface area contributed by atoms with E-state index >= 15 is 0 Å². The number of nitrogens with one attached hydrogen (secondary N) is 1. The van der Waals surface area contributed by atoms with Crippen LogP contribution in [0.3, 0.4) is 0 Å². The molecular formula is C11H22N2OS. The van der Waals surface area contributed by atoms with Crippen LogP contribution in [0.4, 0.5) is 0 Å². The molecule has 0 unspecified atom stereocenters. The summed E-state index contributed by atoms with van der Waals surface area (Å²) in [5.74, 6) is 0.0314. The smallest absolute Gasteiger partial charge is 0.220 e. The fraction of sp³-hybridized carbons (Fsp3) is 0.818. The van der Waals surface area contributed by atoms with E-state index in [2.05, 4.69) is 12.2 Å². The zero-order valence-corrected chi connectivity index (χ0v) is 10.7. The molecular weight excluding hydrogens is 208 g/mol. The maximum Gasteiger partial charge on any atom is 0.220 e. The lowest BCUT2D eigenvalue weighted by Gasteiger charge is -2.24. The van der Waals surface area contributed by atoms with Crippen LogP contribution in [0.15, 0.2) is 0 Å². The van der Waals surface area contributed by atoms with E-state index in [-0.39, 0.29) is 5.91 Å². The molecule has 0 heterocycles. The third kappa shape index (κ3) is 6.44. The number of carbonyl (C=O) groups is 1. The van der Waals surface area contributed by atoms with Gasteiger partial charge in [0.2, 0.25) is 5.91 Å². The lowest BCUT2D eigenvalue weighted by molar-refractivity contribution is -0.122. The van der Waals surface area contributed by atoms with Gasteiger partial charge >= 0.3 is 0 Å². The van der Waals surface area contributed by atoms with Gasteiger partial charge in [-0.2, -0.15) is 0 Å². The molecule has 0 aliphatic heterocycles. The second kappa shape index (κ2) is 6.77. The third-order valence-corrected chi connectivity index (χ3v) is 2.84. The zero-order valence-electron chi connectivity index (χ0n) is 9.93. The molecule has 0 aliphatic rings. The van der Waals surface area contributed by atoms with Crippen molar-refractivity contribution in [2.75, 3.05) is 0 Å². The Morgan fingerprint density at radius 3 is 2.40 bits per heavy atom. The Hall–Kier alpha value is -0.640. The van der Waals surface area contributed by atoms with Gasteiger partial charge in [0.1, 0.15) is 0 Å². The average Bonchev–Trinajstić information content (AvgIpc) is 2.11. The van der Waals surface area contributed by atoms with Gasteiger partial charge in [-0.25, -0.2) is 0 Å². The molecule has 0 rings (SSSR count). The predicted octanol–water partition coefficient (Wildman–Crippen LogP) is 2.14. The zero-order chi connectivity index (χ0) is 11.9. The van der Waals surface area contributed by atoms with E-state index in [0.717, 1.165) is 12.8 Å². The van der Waals surface area contributed by atoms with Gasteiger partial charge in [-0.05, 0) is 20.3 Å². The largest absolute Gasteiger partial charge is 0.391 e. The van der Waals surface area contributed by atoms with Crippen LogP contribution >= 0.6 is 12.2 Å². The van der Waals surface area contributed by atoms with Crippen molar-refractivity contribution >= 4 is 23.1 Å². The number of amides is 1. The molecule has 0 spiro atoms. The standard InChI is InChI=1S/C11H22N2OS/c1-4-5-6-7-8-9(14)13-11(2,3)10(12)15/h4-8H2,1-3H3,(H2,12,15)(H,13,14). The summed E-state index contributed by atoms with van der Waals surface area (Å²) < 4.78 is 0. The summed E-state index contributed by atoms with van der Waals surface area (Å²) in [5, 5.41) is 2.83. The minimum atomic E-state index is -0.572. The monoisotopic (exact) mass is 230 g/mol. The van der Waals surface area contributed by atoms with E-state index in [1.807, 2.05) is 13.8 Å². The highest BCUT2D eigenvalue weighted by molar-refractivity contribution is 7.80. The Morgan fingerprint density at radius 1 is 1.33 bits per heavy atom. The fourth-order valence-electron chi connectivity index (χ4n) is 1.18. The molecule has 0 saturated heterocycles. The topological polar surface area (TPSA) is 55.1 Å². The first-order valence-electron chi connectivity index (χ1n) is 5.51. The molecule has 0 aromatic carbocycles. The predicted molar refractivity (Wildman–Crippen MR) is 67.8 cm³/mol. The second-order valence-electron chi connectivity index (χ2n) is 4.35. The van der Waals surface area contributed by atoms with Crippen molar-refractivity contribution in [2.24, 2.45) is 5.73 Å². The summed E-state index contributed by atoms with van der Waals surface area (Å²) in [5.41, 5.74) is 4.94. The van der Waals surface area contributed by atoms with Crippen molar-refractivity contribution in [1.82, 2.24) is 5.32 Å². The lowest BCUT2D eigenvalue weighted by atomic mass is 10.1. The number of rotatable bonds is 7. The molecule has 15 heavy (non-hydrogen) atoms. The van der Waals surface area contributed by atoms with Gasteiger partial charge in [0.15, 0.2) is 0 Å². The molecule has 0 aromatic rings. The number of carbonyl (C=O) groups excluding carboxylic acids is 1. The molecule has 0 bridgehead atoms. The van der Waals surface area contributed by atoms with Gasteiger partial charge in [-0.1, -0.05) is 38.4 Å². The molecule has 0 radical (unpaired) electrons. The molecule has 0 aromatic heterocycles. The van der Waals surface area contributed by atoms with Crippen LogP contribution in [0, 0.1) is 0 Å². The highest BCUT2D eigenvalue weighted by Gasteiger charge is 2.22. The van der Waals surface area contributed by atoms with Gasteiger partial charge in [0, 0.05) is 6.42 Å². The van der Waals surface area contributed by atoms with Gasteiger partial charge < -0.3 is 11.1 Å². The molecule has 0 atom stereocenters. The first-order chi connectivity index (χ1) is 6.90. The highest BCUT2D eigenvalue weighted by Crippen LogP contribution is 2.06. The van der Waals surface area contributed by atoms with Gasteiger partial charge in [-0.3, -0.25) is 4.79 Å². The Kier molecular flexibility index (Phi) is 6.48. The molecule has 0 aliphatic carbocycles. The van der Waals surface area contributed by atoms with Crippen molar-refractivity contribution in [3.05, 3.63) is 0 Å². The van der Waals surface area contributed by atoms with E-state index in [0.29, 0.717) is 11.4 Å². The van der Waals surface area contributed by atoms with Gasteiger partial charge in [0.05, 0.1) is 10.5 Å². The summed E-state index contributed by atoms with van der Waals surface area (Å²) >= 11 is 4.87. The van der Waals surface area contributed by atoms with Crippen molar-refractivity contribution in [2.45, 2.75) is 58.4 Å². The van der Waals surface area contributed by atoms with Crippen molar-refractivity contribution in [3.8, 4) is 0 Å². The van der Waals surface area contributed by atoms with Crippen LogP contribution in [-0.4, -0.2) is 16.4 Å². The maximum atomic E-state index is 11.5. The quantitative estimate of drug-likeness (QED) is 0.520. The van der Waals surface area contributed by atoms with Crippen molar-refractivity contribution < 1.29 is 4.79 Å². The summed E-state index contributed by atoms with van der Waals surface area (Å²) in [7, 11) is 0. The first-order valence-corrected chi connectivity index (χ1v) is 5.92. The van der Waals surface area contributed by atoms with E-state index in [9.17, 15) is 4.79 Å². The molecule has 1 amide bonds. The number of hydrogen-bond donors (Lipinski definition) is 2. The third-order valence-electron chi connectivity index (χ3n) is 2.33. The van der Waals surface area contributed by atoms with Gasteiger partial charge in [0.25, 0.3) is 0 Å². The second-order valence-corrected chi connectivity index (χ2v) is 4.79. The highest BCUT2D eigenvalue weighted by atomic mass is 32.1. The SMILES string of the molecule is CCCCCCC(=O)NC(C)(C)C(N)=S. The van der Waals surface area contributed by atoms with Crippen LogP contribution < -0.4 is 11.1 Å². The Morgan fingerprint density at radius 2 is 1.93 bits per heavy atom. The number of nitrogens with two attached hydrogens (primary N) is 1. The lowest BCUT2D eigenvalue weighted by Crippen LogP contribution is -2.52. The Bertz CT molecular complexity index is 227. The van der Waals surface area contributed by atoms with Crippen LogP contribution in [0.25, 0.3) is 0 Å².